The minimum Gasteiger partial charge on any atom is -0.497 e. The van der Waals surface area contributed by atoms with E-state index in [1.807, 2.05) is 18.2 Å². The second-order valence-electron chi connectivity index (χ2n) is 5.22. The van der Waals surface area contributed by atoms with Crippen molar-refractivity contribution in [2.75, 3.05) is 19.9 Å². The van der Waals surface area contributed by atoms with Crippen LogP contribution in [0, 0.1) is 6.92 Å². The number of hydrogen-bond donors (Lipinski definition) is 1. The monoisotopic (exact) mass is 270 g/mol. The molecule has 0 atom stereocenters. The Balaban J connectivity index is 2.00. The molecule has 0 unspecified atom stereocenters. The van der Waals surface area contributed by atoms with Crippen molar-refractivity contribution >= 4 is 5.69 Å². The molecule has 0 radical (unpaired) electrons. The van der Waals surface area contributed by atoms with Gasteiger partial charge in [-0.1, -0.05) is 35.9 Å². The third-order valence-electron chi connectivity index (χ3n) is 3.37. The molecule has 0 aromatic heterocycles. The van der Waals surface area contributed by atoms with Crippen LogP contribution < -0.4 is 10.5 Å². The normalized spacial score (nSPS) is 10.8. The molecule has 0 bridgehead atoms. The Hall–Kier alpha value is -2.00. The number of nitrogens with two attached hydrogens (primary N) is 1. The van der Waals surface area contributed by atoms with Gasteiger partial charge < -0.3 is 10.5 Å². The Morgan fingerprint density at radius 3 is 2.35 bits per heavy atom. The van der Waals surface area contributed by atoms with E-state index in [-0.39, 0.29) is 0 Å². The predicted octanol–water partition coefficient (Wildman–Crippen LogP) is 3.22. The van der Waals surface area contributed by atoms with Crippen molar-refractivity contribution in [2.24, 2.45) is 0 Å². The number of benzene rings is 2. The summed E-state index contributed by atoms with van der Waals surface area (Å²) in [7, 11) is 3.75. The van der Waals surface area contributed by atoms with Gasteiger partial charge in [0.05, 0.1) is 7.11 Å². The molecule has 0 aliphatic rings. The number of aryl methyl sites for hydroxylation is 1. The van der Waals surface area contributed by atoms with Gasteiger partial charge in [0.1, 0.15) is 5.75 Å². The standard InChI is InChI=1S/C17H22N2O/c1-13-4-6-14(7-5-13)11-19(2)12-15-8-9-16(20-3)10-17(15)18/h4-10H,11-12,18H2,1-3H3. The zero-order chi connectivity index (χ0) is 14.5. The molecule has 20 heavy (non-hydrogen) atoms. The number of anilines is 1. The molecule has 2 aromatic rings. The van der Waals surface area contributed by atoms with Crippen LogP contribution in [0.2, 0.25) is 0 Å². The summed E-state index contributed by atoms with van der Waals surface area (Å²) in [5.41, 5.74) is 10.6. The molecule has 3 heteroatoms. The number of rotatable bonds is 5. The van der Waals surface area contributed by atoms with Crippen molar-refractivity contribution in [3.8, 4) is 5.75 Å². The highest BCUT2D eigenvalue weighted by Crippen LogP contribution is 2.21. The molecule has 2 N–H and O–H groups in total. The molecule has 0 heterocycles. The average Bonchev–Trinajstić information content (AvgIpc) is 2.43. The first-order chi connectivity index (χ1) is 9.58. The average molecular weight is 270 g/mol. The Kier molecular flexibility index (Phi) is 4.64. The van der Waals surface area contributed by atoms with E-state index in [1.54, 1.807) is 7.11 Å². The van der Waals surface area contributed by atoms with Crippen molar-refractivity contribution in [1.82, 2.24) is 4.90 Å². The Labute approximate surface area is 121 Å². The number of hydrogen-bond acceptors (Lipinski definition) is 3. The summed E-state index contributed by atoms with van der Waals surface area (Å²) in [5, 5.41) is 0. The maximum atomic E-state index is 6.05. The molecule has 2 rings (SSSR count). The van der Waals surface area contributed by atoms with E-state index in [2.05, 4.69) is 43.1 Å². The van der Waals surface area contributed by atoms with Crippen molar-refractivity contribution < 1.29 is 4.74 Å². The lowest BCUT2D eigenvalue weighted by Crippen LogP contribution is -2.18. The maximum Gasteiger partial charge on any atom is 0.120 e. The first-order valence-electron chi connectivity index (χ1n) is 6.75. The number of nitrogens with zero attached hydrogens (tertiary/aromatic N) is 1. The molecule has 2 aromatic carbocycles. The Morgan fingerprint density at radius 2 is 1.75 bits per heavy atom. The van der Waals surface area contributed by atoms with Crippen LogP contribution >= 0.6 is 0 Å². The van der Waals surface area contributed by atoms with E-state index in [1.165, 1.54) is 11.1 Å². The van der Waals surface area contributed by atoms with E-state index in [4.69, 9.17) is 10.5 Å². The molecule has 0 aliphatic carbocycles. The molecule has 0 saturated carbocycles. The lowest BCUT2D eigenvalue weighted by Gasteiger charge is -2.18. The molecule has 106 valence electrons. The van der Waals surface area contributed by atoms with Crippen LogP contribution in [0.15, 0.2) is 42.5 Å². The van der Waals surface area contributed by atoms with Crippen molar-refractivity contribution in [3.05, 3.63) is 59.2 Å². The van der Waals surface area contributed by atoms with Gasteiger partial charge >= 0.3 is 0 Å². The molecule has 0 saturated heterocycles. The summed E-state index contributed by atoms with van der Waals surface area (Å²) >= 11 is 0. The molecule has 0 amide bonds. The van der Waals surface area contributed by atoms with E-state index in [0.717, 1.165) is 30.1 Å². The van der Waals surface area contributed by atoms with Gasteiger partial charge in [-0.25, -0.2) is 0 Å². The molecular weight excluding hydrogens is 248 g/mol. The minimum absolute atomic E-state index is 0.778. The SMILES string of the molecule is COc1ccc(CN(C)Cc2ccc(C)cc2)c(N)c1. The number of ether oxygens (including phenoxy) is 1. The minimum atomic E-state index is 0.778. The van der Waals surface area contributed by atoms with Crippen LogP contribution in [-0.2, 0) is 13.1 Å². The zero-order valence-electron chi connectivity index (χ0n) is 12.4. The van der Waals surface area contributed by atoms with Crippen molar-refractivity contribution in [2.45, 2.75) is 20.0 Å². The van der Waals surface area contributed by atoms with E-state index >= 15 is 0 Å². The van der Waals surface area contributed by atoms with Crippen molar-refractivity contribution in [3.63, 3.8) is 0 Å². The molecule has 0 fully saturated rings. The summed E-state index contributed by atoms with van der Waals surface area (Å²) in [5.74, 6) is 0.799. The fraction of sp³-hybridized carbons (Fsp3) is 0.294. The molecule has 3 nitrogen and oxygen atoms in total. The Morgan fingerprint density at radius 1 is 1.05 bits per heavy atom. The van der Waals surface area contributed by atoms with E-state index in [9.17, 15) is 0 Å². The lowest BCUT2D eigenvalue weighted by atomic mass is 10.1. The van der Waals surface area contributed by atoms with E-state index < -0.39 is 0 Å². The first-order valence-corrected chi connectivity index (χ1v) is 6.75. The van der Waals surface area contributed by atoms with Gasteiger partial charge in [-0.05, 0) is 31.2 Å². The first kappa shape index (κ1) is 14.4. The second kappa shape index (κ2) is 6.44. The zero-order valence-corrected chi connectivity index (χ0v) is 12.4. The van der Waals surface area contributed by atoms with Crippen LogP contribution in [0.1, 0.15) is 16.7 Å². The lowest BCUT2D eigenvalue weighted by molar-refractivity contribution is 0.319. The van der Waals surface area contributed by atoms with Gasteiger partial charge in [-0.15, -0.1) is 0 Å². The third-order valence-corrected chi connectivity index (χ3v) is 3.37. The van der Waals surface area contributed by atoms with Crippen molar-refractivity contribution in [1.29, 1.82) is 0 Å². The topological polar surface area (TPSA) is 38.5 Å². The largest absolute Gasteiger partial charge is 0.497 e. The van der Waals surface area contributed by atoms with Crippen LogP contribution in [0.5, 0.6) is 5.75 Å². The summed E-state index contributed by atoms with van der Waals surface area (Å²) in [6, 6.07) is 14.5. The Bertz CT molecular complexity index is 564. The summed E-state index contributed by atoms with van der Waals surface area (Å²) in [6.45, 7) is 3.83. The fourth-order valence-corrected chi connectivity index (χ4v) is 2.20. The van der Waals surface area contributed by atoms with Gasteiger partial charge in [0.25, 0.3) is 0 Å². The van der Waals surface area contributed by atoms with Gasteiger partial charge in [-0.3, -0.25) is 4.90 Å². The van der Waals surface area contributed by atoms with Crippen LogP contribution in [0.4, 0.5) is 5.69 Å². The highest BCUT2D eigenvalue weighted by atomic mass is 16.5. The third kappa shape index (κ3) is 3.75. The van der Waals surface area contributed by atoms with Crippen LogP contribution in [-0.4, -0.2) is 19.1 Å². The van der Waals surface area contributed by atoms with Gasteiger partial charge in [-0.2, -0.15) is 0 Å². The van der Waals surface area contributed by atoms with Crippen LogP contribution in [0.25, 0.3) is 0 Å². The van der Waals surface area contributed by atoms with Gasteiger partial charge in [0.2, 0.25) is 0 Å². The highest BCUT2D eigenvalue weighted by Gasteiger charge is 2.06. The highest BCUT2D eigenvalue weighted by molar-refractivity contribution is 5.51. The second-order valence-corrected chi connectivity index (χ2v) is 5.22. The van der Waals surface area contributed by atoms with E-state index in [0.29, 0.717) is 0 Å². The van der Waals surface area contributed by atoms with Gasteiger partial charge in [0, 0.05) is 24.8 Å². The van der Waals surface area contributed by atoms with Gasteiger partial charge in [0.15, 0.2) is 0 Å². The van der Waals surface area contributed by atoms with Crippen LogP contribution in [0.3, 0.4) is 0 Å². The molecular formula is C17H22N2O. The quantitative estimate of drug-likeness (QED) is 0.848. The summed E-state index contributed by atoms with van der Waals surface area (Å²) in [4.78, 5) is 2.25. The maximum absolute atomic E-state index is 6.05. The molecule has 0 spiro atoms. The molecule has 0 aliphatic heterocycles. The smallest absolute Gasteiger partial charge is 0.120 e. The fourth-order valence-electron chi connectivity index (χ4n) is 2.20. The summed E-state index contributed by atoms with van der Waals surface area (Å²) < 4.78 is 5.17. The number of nitrogen functional groups attached to an aromatic ring is 1. The predicted molar refractivity (Wildman–Crippen MR) is 83.8 cm³/mol. The number of methoxy groups -OCH3 is 1. The summed E-state index contributed by atoms with van der Waals surface area (Å²) in [6.07, 6.45) is 0.